The van der Waals surface area contributed by atoms with Gasteiger partial charge < -0.3 is 18.9 Å². The maximum absolute atomic E-state index is 15.1. The van der Waals surface area contributed by atoms with Gasteiger partial charge in [0.05, 0.1) is 25.8 Å². The second kappa shape index (κ2) is 9.69. The van der Waals surface area contributed by atoms with Gasteiger partial charge in [-0.05, 0) is 48.6 Å². The zero-order valence-electron chi connectivity index (χ0n) is 19.2. The molecule has 0 N–H and O–H groups in total. The normalized spacial score (nSPS) is 15.8. The molecule has 34 heavy (non-hydrogen) atoms. The Kier molecular flexibility index (Phi) is 6.32. The molecule has 1 aliphatic rings. The van der Waals surface area contributed by atoms with Crippen LogP contribution in [0.25, 0.3) is 22.0 Å². The average molecular weight is 460 g/mol. The molecule has 0 spiro atoms. The first-order valence-electron chi connectivity index (χ1n) is 11.4. The standard InChI is InChI=1S/C28H26FNO4/c1-31-26-16-21-23(17-27(26)32-2)30-14-13-25(21)34-28-20(6-5-7-22(28)29)18-9-11-19(12-10-18)24-8-3-4-15-33-24/h5-7,9-14,16-17,24H,3-4,8,15H2,1-2H3. The molecule has 2 heterocycles. The van der Waals surface area contributed by atoms with Crippen LogP contribution >= 0.6 is 0 Å². The van der Waals surface area contributed by atoms with Gasteiger partial charge in [-0.25, -0.2) is 4.39 Å². The molecule has 1 saturated heterocycles. The Hall–Kier alpha value is -3.64. The van der Waals surface area contributed by atoms with Gasteiger partial charge in [-0.15, -0.1) is 0 Å². The molecule has 0 bridgehead atoms. The topological polar surface area (TPSA) is 49.8 Å². The fourth-order valence-electron chi connectivity index (χ4n) is 4.37. The Morgan fingerprint density at radius 3 is 2.44 bits per heavy atom. The molecule has 5 nitrogen and oxygen atoms in total. The SMILES string of the molecule is COc1cc2nccc(Oc3c(F)cccc3-c3ccc(C4CCCCO4)cc3)c2cc1OC. The highest BCUT2D eigenvalue weighted by Crippen LogP contribution is 2.41. The van der Waals surface area contributed by atoms with E-state index >= 15 is 4.39 Å². The van der Waals surface area contributed by atoms with Crippen molar-refractivity contribution in [3.05, 3.63) is 78.2 Å². The molecule has 1 unspecified atom stereocenters. The first kappa shape index (κ1) is 22.2. The summed E-state index contributed by atoms with van der Waals surface area (Å²) < 4.78 is 38.0. The third kappa shape index (κ3) is 4.29. The van der Waals surface area contributed by atoms with E-state index < -0.39 is 5.82 Å². The third-order valence-electron chi connectivity index (χ3n) is 6.16. The van der Waals surface area contributed by atoms with Crippen molar-refractivity contribution in [2.24, 2.45) is 0 Å². The number of nitrogens with zero attached hydrogens (tertiary/aromatic N) is 1. The Morgan fingerprint density at radius 2 is 1.71 bits per heavy atom. The van der Waals surface area contributed by atoms with Gasteiger partial charge in [0.15, 0.2) is 23.1 Å². The summed E-state index contributed by atoms with van der Waals surface area (Å²) in [7, 11) is 3.14. The molecule has 1 atom stereocenters. The Bertz CT molecular complexity index is 1300. The lowest BCUT2D eigenvalue weighted by atomic mass is 9.97. The number of halogens is 1. The minimum atomic E-state index is -0.442. The number of hydrogen-bond acceptors (Lipinski definition) is 5. The van der Waals surface area contributed by atoms with Gasteiger partial charge in [0.1, 0.15) is 5.75 Å². The summed E-state index contributed by atoms with van der Waals surface area (Å²) in [6, 6.07) is 18.3. The summed E-state index contributed by atoms with van der Waals surface area (Å²) in [6.07, 6.45) is 5.06. The molecular formula is C28H26FNO4. The molecule has 1 fully saturated rings. The van der Waals surface area contributed by atoms with E-state index in [1.807, 2.05) is 18.2 Å². The predicted octanol–water partition coefficient (Wildman–Crippen LogP) is 7.09. The number of fused-ring (bicyclic) bond motifs is 1. The van der Waals surface area contributed by atoms with Crippen molar-refractivity contribution in [3.8, 4) is 34.1 Å². The van der Waals surface area contributed by atoms with E-state index in [1.54, 1.807) is 44.7 Å². The van der Waals surface area contributed by atoms with Crippen LogP contribution in [0.5, 0.6) is 23.0 Å². The molecule has 1 aliphatic heterocycles. The van der Waals surface area contributed by atoms with Crippen molar-refractivity contribution < 1.29 is 23.3 Å². The molecule has 174 valence electrons. The lowest BCUT2D eigenvalue weighted by Crippen LogP contribution is -2.11. The smallest absolute Gasteiger partial charge is 0.170 e. The van der Waals surface area contributed by atoms with Crippen LogP contribution in [0.4, 0.5) is 4.39 Å². The van der Waals surface area contributed by atoms with Crippen LogP contribution in [0.3, 0.4) is 0 Å². The number of rotatable bonds is 6. The summed E-state index contributed by atoms with van der Waals surface area (Å²) >= 11 is 0. The maximum atomic E-state index is 15.1. The van der Waals surface area contributed by atoms with Crippen LogP contribution in [0.1, 0.15) is 30.9 Å². The lowest BCUT2D eigenvalue weighted by Gasteiger charge is -2.23. The van der Waals surface area contributed by atoms with Crippen molar-refractivity contribution in [3.63, 3.8) is 0 Å². The Morgan fingerprint density at radius 1 is 0.912 bits per heavy atom. The molecule has 4 aromatic rings. The summed E-state index contributed by atoms with van der Waals surface area (Å²) in [5, 5.41) is 0.694. The number of ether oxygens (including phenoxy) is 4. The van der Waals surface area contributed by atoms with E-state index in [1.165, 1.54) is 12.5 Å². The zero-order chi connectivity index (χ0) is 23.5. The van der Waals surface area contributed by atoms with Crippen LogP contribution < -0.4 is 14.2 Å². The van der Waals surface area contributed by atoms with Crippen LogP contribution in [0.15, 0.2) is 66.9 Å². The van der Waals surface area contributed by atoms with Gasteiger partial charge >= 0.3 is 0 Å². The number of para-hydroxylation sites is 1. The molecule has 0 amide bonds. The molecular weight excluding hydrogens is 433 g/mol. The molecule has 5 rings (SSSR count). The highest BCUT2D eigenvalue weighted by Gasteiger charge is 2.19. The second-order valence-electron chi connectivity index (χ2n) is 8.23. The van der Waals surface area contributed by atoms with E-state index in [4.69, 9.17) is 18.9 Å². The summed E-state index contributed by atoms with van der Waals surface area (Å²) in [5.74, 6) is 1.30. The van der Waals surface area contributed by atoms with Gasteiger partial charge in [0, 0.05) is 29.8 Å². The summed E-state index contributed by atoms with van der Waals surface area (Å²) in [5.41, 5.74) is 3.33. The second-order valence-corrected chi connectivity index (χ2v) is 8.23. The summed E-state index contributed by atoms with van der Waals surface area (Å²) in [4.78, 5) is 4.40. The van der Waals surface area contributed by atoms with Gasteiger partial charge in [0.2, 0.25) is 0 Å². The van der Waals surface area contributed by atoms with Crippen LogP contribution in [-0.4, -0.2) is 25.8 Å². The van der Waals surface area contributed by atoms with E-state index in [-0.39, 0.29) is 11.9 Å². The monoisotopic (exact) mass is 459 g/mol. The van der Waals surface area contributed by atoms with Gasteiger partial charge in [-0.3, -0.25) is 4.98 Å². The summed E-state index contributed by atoms with van der Waals surface area (Å²) in [6.45, 7) is 0.796. The number of methoxy groups -OCH3 is 2. The minimum Gasteiger partial charge on any atom is -0.493 e. The van der Waals surface area contributed by atoms with Crippen LogP contribution in [-0.2, 0) is 4.74 Å². The fourth-order valence-corrected chi connectivity index (χ4v) is 4.37. The average Bonchev–Trinajstić information content (AvgIpc) is 2.89. The van der Waals surface area contributed by atoms with Crippen molar-refractivity contribution in [2.45, 2.75) is 25.4 Å². The molecule has 1 aromatic heterocycles. The van der Waals surface area contributed by atoms with Gasteiger partial charge in [-0.2, -0.15) is 0 Å². The molecule has 6 heteroatoms. The highest BCUT2D eigenvalue weighted by molar-refractivity contribution is 5.88. The lowest BCUT2D eigenvalue weighted by molar-refractivity contribution is 0.0149. The number of hydrogen-bond donors (Lipinski definition) is 0. The van der Waals surface area contributed by atoms with Crippen LogP contribution in [0, 0.1) is 5.82 Å². The van der Waals surface area contributed by atoms with E-state index in [9.17, 15) is 0 Å². The third-order valence-corrected chi connectivity index (χ3v) is 6.16. The van der Waals surface area contributed by atoms with Gasteiger partial charge in [-0.1, -0.05) is 36.4 Å². The quantitative estimate of drug-likeness (QED) is 0.308. The van der Waals surface area contributed by atoms with Crippen molar-refractivity contribution in [1.29, 1.82) is 0 Å². The highest BCUT2D eigenvalue weighted by atomic mass is 19.1. The van der Waals surface area contributed by atoms with Crippen molar-refractivity contribution in [2.75, 3.05) is 20.8 Å². The van der Waals surface area contributed by atoms with E-state index in [0.717, 1.165) is 30.6 Å². The number of pyridine rings is 1. The van der Waals surface area contributed by atoms with Gasteiger partial charge in [0.25, 0.3) is 0 Å². The minimum absolute atomic E-state index is 0.126. The van der Waals surface area contributed by atoms with E-state index in [2.05, 4.69) is 17.1 Å². The molecule has 0 saturated carbocycles. The predicted molar refractivity (Wildman–Crippen MR) is 129 cm³/mol. The largest absolute Gasteiger partial charge is 0.493 e. The first-order valence-corrected chi connectivity index (χ1v) is 11.4. The number of aromatic nitrogens is 1. The molecule has 3 aromatic carbocycles. The van der Waals surface area contributed by atoms with E-state index in [0.29, 0.717) is 33.7 Å². The Balaban J connectivity index is 1.52. The maximum Gasteiger partial charge on any atom is 0.170 e. The van der Waals surface area contributed by atoms with Crippen LogP contribution in [0.2, 0.25) is 0 Å². The first-order chi connectivity index (χ1) is 16.7. The molecule has 0 aliphatic carbocycles. The van der Waals surface area contributed by atoms with Crippen molar-refractivity contribution in [1.82, 2.24) is 4.98 Å². The number of benzene rings is 3. The Labute approximate surface area is 198 Å². The zero-order valence-corrected chi connectivity index (χ0v) is 19.2. The van der Waals surface area contributed by atoms with Crippen molar-refractivity contribution >= 4 is 10.9 Å². The molecule has 0 radical (unpaired) electrons. The fraction of sp³-hybridized carbons (Fsp3) is 0.250.